The third-order valence-electron chi connectivity index (χ3n) is 3.79. The van der Waals surface area contributed by atoms with E-state index in [1.54, 1.807) is 37.7 Å². The number of allylic oxidation sites excluding steroid dienone is 2. The Hall–Kier alpha value is -2.90. The molecule has 1 aliphatic heterocycles. The van der Waals surface area contributed by atoms with Crippen LogP contribution in [0, 0.1) is 5.41 Å². The number of hydrogen-bond acceptors (Lipinski definition) is 7. The third-order valence-corrected chi connectivity index (χ3v) is 3.79. The highest BCUT2D eigenvalue weighted by atomic mass is 19.1. The minimum absolute atomic E-state index is 0.255. The quantitative estimate of drug-likeness (QED) is 0.549. The van der Waals surface area contributed by atoms with Gasteiger partial charge in [0.2, 0.25) is 0 Å². The Bertz CT molecular complexity index is 679. The number of halogens is 1. The Morgan fingerprint density at radius 2 is 2.36 bits per heavy atom. The number of anilines is 1. The van der Waals surface area contributed by atoms with Crippen molar-refractivity contribution in [3.63, 3.8) is 0 Å². The molecular formula is C17H24FN7. The second-order valence-corrected chi connectivity index (χ2v) is 5.73. The van der Waals surface area contributed by atoms with Crippen LogP contribution < -0.4 is 21.7 Å². The van der Waals surface area contributed by atoms with E-state index < -0.39 is 6.17 Å². The van der Waals surface area contributed by atoms with E-state index in [1.165, 1.54) is 6.20 Å². The van der Waals surface area contributed by atoms with Crippen LogP contribution in [0.2, 0.25) is 0 Å². The molecule has 1 aromatic rings. The Morgan fingerprint density at radius 1 is 1.56 bits per heavy atom. The zero-order valence-electron chi connectivity index (χ0n) is 14.2. The standard InChI is InChI=1S/C17H24FN7/c1-22-10-15(7-19)23-9-14(20)6-16(21)12-2-3-17(24-8-12)25-5-4-13(18)11-25/h2-3,6-8,10,13,21,23H,4-5,9,11,19-20H2,1H3/t13-/m0/s1. The number of nitrogens with one attached hydrogen (secondary N) is 2. The normalized spacial score (nSPS) is 18.8. The van der Waals surface area contributed by atoms with Crippen molar-refractivity contribution in [3.8, 4) is 0 Å². The van der Waals surface area contributed by atoms with E-state index >= 15 is 0 Å². The van der Waals surface area contributed by atoms with Crippen molar-refractivity contribution in [1.29, 1.82) is 5.41 Å². The molecule has 134 valence electrons. The van der Waals surface area contributed by atoms with Gasteiger partial charge in [-0.2, -0.15) is 0 Å². The summed E-state index contributed by atoms with van der Waals surface area (Å²) in [6, 6.07) is 3.60. The van der Waals surface area contributed by atoms with Crippen LogP contribution in [0.3, 0.4) is 0 Å². The maximum absolute atomic E-state index is 13.3. The zero-order valence-corrected chi connectivity index (χ0v) is 14.2. The molecule has 2 heterocycles. The highest BCUT2D eigenvalue weighted by molar-refractivity contribution is 6.06. The number of nitrogens with zero attached hydrogens (tertiary/aromatic N) is 3. The van der Waals surface area contributed by atoms with Crippen molar-refractivity contribution in [1.82, 2.24) is 10.3 Å². The van der Waals surface area contributed by atoms with Gasteiger partial charge in [-0.25, -0.2) is 9.37 Å². The minimum atomic E-state index is -0.791. The fraction of sp³-hybridized carbons (Fsp3) is 0.353. The second-order valence-electron chi connectivity index (χ2n) is 5.73. The van der Waals surface area contributed by atoms with Gasteiger partial charge in [0.1, 0.15) is 12.0 Å². The fourth-order valence-electron chi connectivity index (χ4n) is 2.47. The van der Waals surface area contributed by atoms with Crippen molar-refractivity contribution >= 4 is 17.7 Å². The molecule has 0 bridgehead atoms. The van der Waals surface area contributed by atoms with E-state index in [2.05, 4.69) is 15.3 Å². The molecule has 0 aliphatic carbocycles. The first kappa shape index (κ1) is 18.4. The molecule has 6 N–H and O–H groups in total. The molecule has 0 radical (unpaired) electrons. The van der Waals surface area contributed by atoms with Crippen LogP contribution in [-0.2, 0) is 0 Å². The summed E-state index contributed by atoms with van der Waals surface area (Å²) in [7, 11) is 1.65. The Morgan fingerprint density at radius 3 is 2.92 bits per heavy atom. The largest absolute Gasteiger partial charge is 0.403 e. The summed E-state index contributed by atoms with van der Waals surface area (Å²) >= 11 is 0. The van der Waals surface area contributed by atoms with Crippen LogP contribution in [0.1, 0.15) is 12.0 Å². The van der Waals surface area contributed by atoms with Crippen LogP contribution in [0.4, 0.5) is 10.2 Å². The first-order chi connectivity index (χ1) is 12.0. The van der Waals surface area contributed by atoms with E-state index in [1.807, 2.05) is 4.90 Å². The summed E-state index contributed by atoms with van der Waals surface area (Å²) in [4.78, 5) is 10.1. The summed E-state index contributed by atoms with van der Waals surface area (Å²) in [6.07, 6.45) is 5.90. The van der Waals surface area contributed by atoms with E-state index in [0.29, 0.717) is 43.0 Å². The zero-order chi connectivity index (χ0) is 18.2. The molecule has 1 aliphatic rings. The number of aliphatic imine (C=N–C) groups is 1. The molecule has 1 aromatic heterocycles. The second kappa shape index (κ2) is 8.81. The molecule has 0 saturated carbocycles. The van der Waals surface area contributed by atoms with E-state index in [0.717, 1.165) is 5.82 Å². The molecule has 2 rings (SSSR count). The molecule has 0 unspecified atom stereocenters. The predicted molar refractivity (Wildman–Crippen MR) is 99.8 cm³/mol. The summed E-state index contributed by atoms with van der Waals surface area (Å²) in [6.45, 7) is 1.39. The van der Waals surface area contributed by atoms with Gasteiger partial charge in [0.05, 0.1) is 24.5 Å². The average molecular weight is 345 g/mol. The van der Waals surface area contributed by atoms with Crippen LogP contribution in [-0.4, -0.2) is 49.8 Å². The number of alkyl halides is 1. The molecule has 0 spiro atoms. The molecule has 0 amide bonds. The van der Waals surface area contributed by atoms with Crippen LogP contribution >= 0.6 is 0 Å². The number of hydrogen-bond donors (Lipinski definition) is 4. The lowest BCUT2D eigenvalue weighted by molar-refractivity contribution is 0.364. The number of nitrogens with two attached hydrogens (primary N) is 2. The van der Waals surface area contributed by atoms with Crippen LogP contribution in [0.15, 0.2) is 47.0 Å². The molecule has 1 atom stereocenters. The topological polar surface area (TPSA) is 116 Å². The third kappa shape index (κ3) is 5.30. The molecule has 7 nitrogen and oxygen atoms in total. The Balaban J connectivity index is 1.95. The van der Waals surface area contributed by atoms with Gasteiger partial charge >= 0.3 is 0 Å². The van der Waals surface area contributed by atoms with Crippen LogP contribution in [0.25, 0.3) is 0 Å². The fourth-order valence-corrected chi connectivity index (χ4v) is 2.47. The highest BCUT2D eigenvalue weighted by Crippen LogP contribution is 2.20. The van der Waals surface area contributed by atoms with Crippen molar-refractivity contribution in [2.75, 3.05) is 31.6 Å². The van der Waals surface area contributed by atoms with Crippen molar-refractivity contribution in [2.24, 2.45) is 16.5 Å². The van der Waals surface area contributed by atoms with Gasteiger partial charge in [-0.15, -0.1) is 0 Å². The van der Waals surface area contributed by atoms with Gasteiger partial charge < -0.3 is 27.1 Å². The lowest BCUT2D eigenvalue weighted by Gasteiger charge is -2.16. The summed E-state index contributed by atoms with van der Waals surface area (Å²) < 4.78 is 13.3. The van der Waals surface area contributed by atoms with E-state index in [-0.39, 0.29) is 5.71 Å². The van der Waals surface area contributed by atoms with Crippen molar-refractivity contribution in [2.45, 2.75) is 12.6 Å². The highest BCUT2D eigenvalue weighted by Gasteiger charge is 2.22. The van der Waals surface area contributed by atoms with Gasteiger partial charge in [0, 0.05) is 43.5 Å². The number of pyridine rings is 1. The minimum Gasteiger partial charge on any atom is -0.403 e. The lowest BCUT2D eigenvalue weighted by atomic mass is 10.1. The summed E-state index contributed by atoms with van der Waals surface area (Å²) in [5.41, 5.74) is 13.4. The van der Waals surface area contributed by atoms with Crippen molar-refractivity contribution in [3.05, 3.63) is 47.6 Å². The lowest BCUT2D eigenvalue weighted by Crippen LogP contribution is -2.23. The Labute approximate surface area is 146 Å². The van der Waals surface area contributed by atoms with Crippen LogP contribution in [0.5, 0.6) is 0 Å². The first-order valence-corrected chi connectivity index (χ1v) is 8.01. The monoisotopic (exact) mass is 345 g/mol. The molecule has 8 heteroatoms. The first-order valence-electron chi connectivity index (χ1n) is 8.01. The SMILES string of the molecule is CN=CC(=CN)NCC(N)=CC(=N)c1ccc(N2CC[C@H](F)C2)nc1. The van der Waals surface area contributed by atoms with Gasteiger partial charge in [0.25, 0.3) is 0 Å². The molecule has 0 aromatic carbocycles. The predicted octanol–water partition coefficient (Wildman–Crippen LogP) is 0.931. The van der Waals surface area contributed by atoms with Crippen molar-refractivity contribution < 1.29 is 4.39 Å². The maximum Gasteiger partial charge on any atom is 0.128 e. The number of rotatable bonds is 7. The summed E-state index contributed by atoms with van der Waals surface area (Å²) in [5.74, 6) is 0.729. The van der Waals surface area contributed by atoms with Gasteiger partial charge in [-0.1, -0.05) is 0 Å². The van der Waals surface area contributed by atoms with E-state index in [9.17, 15) is 4.39 Å². The average Bonchev–Trinajstić information content (AvgIpc) is 3.05. The Kier molecular flexibility index (Phi) is 6.50. The molecular weight excluding hydrogens is 321 g/mol. The van der Waals surface area contributed by atoms with Gasteiger partial charge in [0.15, 0.2) is 0 Å². The van der Waals surface area contributed by atoms with Gasteiger partial charge in [-0.05, 0) is 24.6 Å². The molecule has 25 heavy (non-hydrogen) atoms. The van der Waals surface area contributed by atoms with E-state index in [4.69, 9.17) is 16.9 Å². The molecule has 1 fully saturated rings. The van der Waals surface area contributed by atoms with Gasteiger partial charge in [-0.3, -0.25) is 4.99 Å². The molecule has 1 saturated heterocycles. The smallest absolute Gasteiger partial charge is 0.128 e. The maximum atomic E-state index is 13.3. The summed E-state index contributed by atoms with van der Waals surface area (Å²) in [5, 5.41) is 11.1. The number of aromatic nitrogens is 1.